The molecule has 1 heterocycles. The minimum Gasteiger partial charge on any atom is -0.396 e. The third-order valence-electron chi connectivity index (χ3n) is 3.68. The standard InChI is InChI=1S/C14H29NO2/c1-4-8-14(2,12-16)11-15(3)10-13-7-5-6-9-17-13/h13,16H,4-12H2,1-3H3. The summed E-state index contributed by atoms with van der Waals surface area (Å²) in [6.45, 7) is 7.50. The van der Waals surface area contributed by atoms with E-state index in [0.29, 0.717) is 6.10 Å². The van der Waals surface area contributed by atoms with Crippen LogP contribution in [0, 0.1) is 5.41 Å². The molecule has 17 heavy (non-hydrogen) atoms. The Hall–Kier alpha value is -0.120. The Morgan fingerprint density at radius 3 is 2.71 bits per heavy atom. The first-order chi connectivity index (χ1) is 8.09. The molecule has 0 spiro atoms. The van der Waals surface area contributed by atoms with E-state index in [9.17, 15) is 5.11 Å². The molecule has 0 amide bonds. The third kappa shape index (κ3) is 5.36. The van der Waals surface area contributed by atoms with Gasteiger partial charge in [0.2, 0.25) is 0 Å². The highest BCUT2D eigenvalue weighted by molar-refractivity contribution is 4.78. The molecule has 0 aromatic heterocycles. The van der Waals surface area contributed by atoms with Gasteiger partial charge in [-0.25, -0.2) is 0 Å². The van der Waals surface area contributed by atoms with Crippen molar-refractivity contribution >= 4 is 0 Å². The van der Waals surface area contributed by atoms with Crippen LogP contribution in [0.1, 0.15) is 46.0 Å². The molecule has 0 aromatic carbocycles. The Labute approximate surface area is 106 Å². The molecule has 0 aromatic rings. The van der Waals surface area contributed by atoms with Crippen molar-refractivity contribution < 1.29 is 9.84 Å². The number of hydrogen-bond acceptors (Lipinski definition) is 3. The lowest BCUT2D eigenvalue weighted by molar-refractivity contribution is -0.0116. The second-order valence-electron chi connectivity index (χ2n) is 5.90. The van der Waals surface area contributed by atoms with Gasteiger partial charge in [0.05, 0.1) is 6.10 Å². The van der Waals surface area contributed by atoms with Gasteiger partial charge in [-0.1, -0.05) is 20.3 Å². The molecule has 102 valence electrons. The highest BCUT2D eigenvalue weighted by Gasteiger charge is 2.25. The van der Waals surface area contributed by atoms with Crippen molar-refractivity contribution in [3.8, 4) is 0 Å². The van der Waals surface area contributed by atoms with E-state index < -0.39 is 0 Å². The predicted molar refractivity (Wildman–Crippen MR) is 71.2 cm³/mol. The quantitative estimate of drug-likeness (QED) is 0.744. The van der Waals surface area contributed by atoms with Crippen LogP contribution in [0.2, 0.25) is 0 Å². The predicted octanol–water partition coefficient (Wildman–Crippen LogP) is 2.29. The molecular formula is C14H29NO2. The van der Waals surface area contributed by atoms with Crippen molar-refractivity contribution in [1.82, 2.24) is 4.90 Å². The first kappa shape index (κ1) is 14.9. The van der Waals surface area contributed by atoms with Gasteiger partial charge in [-0.2, -0.15) is 0 Å². The van der Waals surface area contributed by atoms with Gasteiger partial charge in [-0.3, -0.25) is 0 Å². The maximum absolute atomic E-state index is 9.51. The lowest BCUT2D eigenvalue weighted by atomic mass is 9.86. The minimum atomic E-state index is 0.0398. The van der Waals surface area contributed by atoms with Crippen molar-refractivity contribution in [3.05, 3.63) is 0 Å². The van der Waals surface area contributed by atoms with Crippen LogP contribution < -0.4 is 0 Å². The molecule has 1 saturated heterocycles. The molecule has 3 heteroatoms. The Balaban J connectivity index is 2.33. The Morgan fingerprint density at radius 2 is 2.18 bits per heavy atom. The van der Waals surface area contributed by atoms with Crippen LogP contribution in [0.25, 0.3) is 0 Å². The molecule has 0 bridgehead atoms. The number of aliphatic hydroxyl groups is 1. The molecule has 1 aliphatic rings. The monoisotopic (exact) mass is 243 g/mol. The largest absolute Gasteiger partial charge is 0.396 e. The number of aliphatic hydroxyl groups excluding tert-OH is 1. The van der Waals surface area contributed by atoms with Crippen molar-refractivity contribution in [2.45, 2.75) is 52.1 Å². The molecule has 0 saturated carbocycles. The van der Waals surface area contributed by atoms with Crippen molar-refractivity contribution in [3.63, 3.8) is 0 Å². The Bertz CT molecular complexity index is 204. The zero-order chi connectivity index (χ0) is 12.7. The van der Waals surface area contributed by atoms with Gasteiger partial charge in [0.1, 0.15) is 0 Å². The summed E-state index contributed by atoms with van der Waals surface area (Å²) < 4.78 is 5.75. The Morgan fingerprint density at radius 1 is 1.41 bits per heavy atom. The first-order valence-electron chi connectivity index (χ1n) is 7.00. The maximum Gasteiger partial charge on any atom is 0.0701 e. The van der Waals surface area contributed by atoms with Crippen LogP contribution in [0.5, 0.6) is 0 Å². The molecule has 0 radical (unpaired) electrons. The summed E-state index contributed by atoms with van der Waals surface area (Å²) in [6.07, 6.45) is 6.31. The minimum absolute atomic E-state index is 0.0398. The van der Waals surface area contributed by atoms with Gasteiger partial charge >= 0.3 is 0 Å². The first-order valence-corrected chi connectivity index (χ1v) is 7.00. The van der Waals surface area contributed by atoms with E-state index >= 15 is 0 Å². The average Bonchev–Trinajstić information content (AvgIpc) is 2.30. The maximum atomic E-state index is 9.51. The molecule has 3 nitrogen and oxygen atoms in total. The summed E-state index contributed by atoms with van der Waals surface area (Å²) >= 11 is 0. The van der Waals surface area contributed by atoms with E-state index in [2.05, 4.69) is 25.8 Å². The topological polar surface area (TPSA) is 32.7 Å². The van der Waals surface area contributed by atoms with Gasteiger partial charge < -0.3 is 14.7 Å². The molecule has 2 unspecified atom stereocenters. The SMILES string of the molecule is CCCC(C)(CO)CN(C)CC1CCCCO1. The number of likely N-dealkylation sites (N-methyl/N-ethyl adjacent to an activating group) is 1. The lowest BCUT2D eigenvalue weighted by Gasteiger charge is -2.34. The summed E-state index contributed by atoms with van der Waals surface area (Å²) in [5, 5.41) is 9.51. The number of rotatable bonds is 7. The number of hydrogen-bond donors (Lipinski definition) is 1. The van der Waals surface area contributed by atoms with Crippen molar-refractivity contribution in [2.24, 2.45) is 5.41 Å². The number of ether oxygens (including phenoxy) is 1. The van der Waals surface area contributed by atoms with Crippen LogP contribution in [0.3, 0.4) is 0 Å². The van der Waals surface area contributed by atoms with E-state index in [1.54, 1.807) is 0 Å². The fourth-order valence-corrected chi connectivity index (χ4v) is 2.83. The van der Waals surface area contributed by atoms with Gasteiger partial charge in [0, 0.05) is 31.7 Å². The van der Waals surface area contributed by atoms with Gasteiger partial charge in [0.25, 0.3) is 0 Å². The summed E-state index contributed by atoms with van der Waals surface area (Å²) in [4.78, 5) is 2.32. The molecule has 1 fully saturated rings. The second kappa shape index (κ2) is 7.34. The Kier molecular flexibility index (Phi) is 6.45. The van der Waals surface area contributed by atoms with Gasteiger partial charge in [-0.15, -0.1) is 0 Å². The van der Waals surface area contributed by atoms with E-state index in [4.69, 9.17) is 4.74 Å². The smallest absolute Gasteiger partial charge is 0.0701 e. The number of nitrogens with zero attached hydrogens (tertiary/aromatic N) is 1. The van der Waals surface area contributed by atoms with Crippen molar-refractivity contribution in [2.75, 3.05) is 33.4 Å². The molecule has 0 aliphatic carbocycles. The van der Waals surface area contributed by atoms with E-state index in [1.165, 1.54) is 19.3 Å². The highest BCUT2D eigenvalue weighted by atomic mass is 16.5. The highest BCUT2D eigenvalue weighted by Crippen LogP contribution is 2.24. The van der Waals surface area contributed by atoms with Crippen LogP contribution >= 0.6 is 0 Å². The van der Waals surface area contributed by atoms with E-state index in [-0.39, 0.29) is 12.0 Å². The average molecular weight is 243 g/mol. The van der Waals surface area contributed by atoms with Crippen molar-refractivity contribution in [1.29, 1.82) is 0 Å². The van der Waals surface area contributed by atoms with Gasteiger partial charge in [-0.05, 0) is 32.7 Å². The van der Waals surface area contributed by atoms with Crippen LogP contribution in [-0.2, 0) is 4.74 Å². The van der Waals surface area contributed by atoms with Crippen LogP contribution in [-0.4, -0.2) is 49.5 Å². The fraction of sp³-hybridized carbons (Fsp3) is 1.00. The van der Waals surface area contributed by atoms with Gasteiger partial charge in [0.15, 0.2) is 0 Å². The summed E-state index contributed by atoms with van der Waals surface area (Å²) in [7, 11) is 2.14. The molecule has 2 atom stereocenters. The molecule has 1 rings (SSSR count). The molecule has 1 aliphatic heterocycles. The third-order valence-corrected chi connectivity index (χ3v) is 3.68. The molecular weight excluding hydrogens is 214 g/mol. The zero-order valence-corrected chi connectivity index (χ0v) is 11.7. The van der Waals surface area contributed by atoms with Crippen LogP contribution in [0.15, 0.2) is 0 Å². The zero-order valence-electron chi connectivity index (χ0n) is 11.7. The van der Waals surface area contributed by atoms with E-state index in [1.807, 2.05) is 0 Å². The summed E-state index contributed by atoms with van der Waals surface area (Å²) in [6, 6.07) is 0. The summed E-state index contributed by atoms with van der Waals surface area (Å²) in [5.74, 6) is 0. The summed E-state index contributed by atoms with van der Waals surface area (Å²) in [5.41, 5.74) is 0.0398. The fourth-order valence-electron chi connectivity index (χ4n) is 2.83. The van der Waals surface area contributed by atoms with Crippen LogP contribution in [0.4, 0.5) is 0 Å². The lowest BCUT2D eigenvalue weighted by Crippen LogP contribution is -2.41. The molecule has 1 N–H and O–H groups in total. The second-order valence-corrected chi connectivity index (χ2v) is 5.90. The normalized spacial score (nSPS) is 24.9. The van der Waals surface area contributed by atoms with E-state index in [0.717, 1.165) is 32.5 Å².